The predicted molar refractivity (Wildman–Crippen MR) is 64.1 cm³/mol. The van der Waals surface area contributed by atoms with Crippen molar-refractivity contribution in [2.45, 2.75) is 32.2 Å². The molecule has 1 heterocycles. The molecule has 0 aromatic carbocycles. The summed E-state index contributed by atoms with van der Waals surface area (Å²) in [6.07, 6.45) is 0.693. The Bertz CT molecular complexity index is 407. The summed E-state index contributed by atoms with van der Waals surface area (Å²) in [5.41, 5.74) is 6.23. The van der Waals surface area contributed by atoms with Gasteiger partial charge in [-0.1, -0.05) is 6.92 Å². The molecule has 6 nitrogen and oxygen atoms in total. The minimum atomic E-state index is -0.438. The lowest BCUT2D eigenvalue weighted by molar-refractivity contribution is -0.386. The van der Waals surface area contributed by atoms with Crippen molar-refractivity contribution in [2.24, 2.45) is 5.73 Å². The number of hydrogen-bond donors (Lipinski definition) is 1. The summed E-state index contributed by atoms with van der Waals surface area (Å²) in [5.74, 6) is 0.218. The molecule has 0 aliphatic rings. The number of pyridine rings is 1. The molecule has 0 aliphatic heterocycles. The molecule has 6 heteroatoms. The molecule has 0 saturated heterocycles. The summed E-state index contributed by atoms with van der Waals surface area (Å²) >= 11 is 0. The highest BCUT2D eigenvalue weighted by molar-refractivity contribution is 5.40. The number of aromatic nitrogens is 1. The van der Waals surface area contributed by atoms with E-state index in [1.54, 1.807) is 0 Å². The van der Waals surface area contributed by atoms with Crippen molar-refractivity contribution in [3.63, 3.8) is 0 Å². The maximum absolute atomic E-state index is 10.9. The molecule has 0 amide bonds. The van der Waals surface area contributed by atoms with Crippen LogP contribution < -0.4 is 10.5 Å². The lowest BCUT2D eigenvalue weighted by atomic mass is 9.93. The number of hydrogen-bond acceptors (Lipinski definition) is 5. The van der Waals surface area contributed by atoms with Gasteiger partial charge in [-0.2, -0.15) is 0 Å². The summed E-state index contributed by atoms with van der Waals surface area (Å²) in [6, 6.07) is 2.69. The van der Waals surface area contributed by atoms with Gasteiger partial charge in [-0.3, -0.25) is 10.1 Å². The van der Waals surface area contributed by atoms with Gasteiger partial charge in [0.2, 0.25) is 5.88 Å². The maximum Gasteiger partial charge on any atom is 0.291 e. The van der Waals surface area contributed by atoms with Gasteiger partial charge in [0.05, 0.1) is 12.0 Å². The lowest BCUT2D eigenvalue weighted by Gasteiger charge is -2.18. The molecule has 0 fully saturated rings. The fraction of sp³-hybridized carbons (Fsp3) is 0.545. The van der Waals surface area contributed by atoms with E-state index in [1.807, 2.05) is 13.8 Å². The van der Waals surface area contributed by atoms with E-state index in [9.17, 15) is 10.1 Å². The molecular weight excluding hydrogens is 222 g/mol. The van der Waals surface area contributed by atoms with E-state index in [1.165, 1.54) is 19.2 Å². The van der Waals surface area contributed by atoms with Gasteiger partial charge in [0.15, 0.2) is 0 Å². The third kappa shape index (κ3) is 2.91. The zero-order valence-corrected chi connectivity index (χ0v) is 10.2. The molecular formula is C11H17N3O3. The van der Waals surface area contributed by atoms with Crippen molar-refractivity contribution >= 4 is 5.69 Å². The van der Waals surface area contributed by atoms with Crippen molar-refractivity contribution < 1.29 is 9.66 Å². The summed E-state index contributed by atoms with van der Waals surface area (Å²) in [4.78, 5) is 14.7. The van der Waals surface area contributed by atoms with Crippen LogP contribution in [0.5, 0.6) is 5.88 Å². The maximum atomic E-state index is 10.9. The fourth-order valence-electron chi connectivity index (χ4n) is 1.80. The zero-order chi connectivity index (χ0) is 13.0. The van der Waals surface area contributed by atoms with Gasteiger partial charge in [-0.05, 0) is 13.3 Å². The number of rotatable bonds is 5. The Morgan fingerprint density at radius 1 is 1.59 bits per heavy atom. The van der Waals surface area contributed by atoms with Crippen LogP contribution in [0.15, 0.2) is 12.1 Å². The second-order valence-corrected chi connectivity index (χ2v) is 3.89. The van der Waals surface area contributed by atoms with E-state index < -0.39 is 4.92 Å². The number of nitro groups is 1. The molecule has 0 bridgehead atoms. The van der Waals surface area contributed by atoms with Gasteiger partial charge >= 0.3 is 0 Å². The Labute approximate surface area is 99.9 Å². The van der Waals surface area contributed by atoms with Gasteiger partial charge in [0, 0.05) is 24.1 Å². The van der Waals surface area contributed by atoms with Gasteiger partial charge in [-0.25, -0.2) is 4.98 Å². The summed E-state index contributed by atoms with van der Waals surface area (Å²) in [7, 11) is 1.48. The summed E-state index contributed by atoms with van der Waals surface area (Å²) in [6.45, 7) is 3.75. The third-order valence-electron chi connectivity index (χ3n) is 2.71. The SMILES string of the molecule is CCC(c1nc(OC)ccc1[N+](=O)[O-])C(C)N. The summed E-state index contributed by atoms with van der Waals surface area (Å²) < 4.78 is 4.99. The van der Waals surface area contributed by atoms with Crippen molar-refractivity contribution in [2.75, 3.05) is 7.11 Å². The first-order chi connectivity index (χ1) is 8.01. The Hall–Kier alpha value is -1.69. The van der Waals surface area contributed by atoms with Crippen LogP contribution in [-0.4, -0.2) is 23.1 Å². The first kappa shape index (κ1) is 13.4. The van der Waals surface area contributed by atoms with E-state index in [2.05, 4.69) is 4.98 Å². The first-order valence-electron chi connectivity index (χ1n) is 5.46. The van der Waals surface area contributed by atoms with Crippen LogP contribution in [0.3, 0.4) is 0 Å². The van der Waals surface area contributed by atoms with Gasteiger partial charge in [0.1, 0.15) is 5.69 Å². The third-order valence-corrected chi connectivity index (χ3v) is 2.71. The zero-order valence-electron chi connectivity index (χ0n) is 10.2. The molecule has 94 valence electrons. The lowest BCUT2D eigenvalue weighted by Crippen LogP contribution is -2.25. The molecule has 0 radical (unpaired) electrons. The molecule has 1 rings (SSSR count). The smallest absolute Gasteiger partial charge is 0.291 e. The topological polar surface area (TPSA) is 91.3 Å². The highest BCUT2D eigenvalue weighted by Crippen LogP contribution is 2.30. The molecule has 2 unspecified atom stereocenters. The molecule has 1 aromatic rings. The molecule has 0 spiro atoms. The molecule has 1 aromatic heterocycles. The largest absolute Gasteiger partial charge is 0.481 e. The second-order valence-electron chi connectivity index (χ2n) is 3.89. The first-order valence-corrected chi connectivity index (χ1v) is 5.46. The van der Waals surface area contributed by atoms with E-state index in [0.717, 1.165) is 0 Å². The van der Waals surface area contributed by atoms with Crippen molar-refractivity contribution in [1.29, 1.82) is 0 Å². The number of ether oxygens (including phenoxy) is 1. The van der Waals surface area contributed by atoms with Gasteiger partial charge < -0.3 is 10.5 Å². The molecule has 2 atom stereocenters. The Balaban J connectivity index is 3.29. The Morgan fingerprint density at radius 2 is 2.24 bits per heavy atom. The van der Waals surface area contributed by atoms with Crippen LogP contribution in [0.25, 0.3) is 0 Å². The average molecular weight is 239 g/mol. The highest BCUT2D eigenvalue weighted by Gasteiger charge is 2.26. The quantitative estimate of drug-likeness (QED) is 0.625. The summed E-state index contributed by atoms with van der Waals surface area (Å²) in [5, 5.41) is 10.9. The van der Waals surface area contributed by atoms with E-state index in [-0.39, 0.29) is 17.6 Å². The van der Waals surface area contributed by atoms with Crippen molar-refractivity contribution in [3.05, 3.63) is 27.9 Å². The highest BCUT2D eigenvalue weighted by atomic mass is 16.6. The fourth-order valence-corrected chi connectivity index (χ4v) is 1.80. The van der Waals surface area contributed by atoms with E-state index >= 15 is 0 Å². The Kier molecular flexibility index (Phi) is 4.39. The minimum Gasteiger partial charge on any atom is -0.481 e. The van der Waals surface area contributed by atoms with Crippen LogP contribution >= 0.6 is 0 Å². The predicted octanol–water partition coefficient (Wildman–Crippen LogP) is 1.84. The monoisotopic (exact) mass is 239 g/mol. The van der Waals surface area contributed by atoms with Crippen molar-refractivity contribution in [3.8, 4) is 5.88 Å². The number of nitrogens with two attached hydrogens (primary N) is 1. The second kappa shape index (κ2) is 5.58. The van der Waals surface area contributed by atoms with Crippen LogP contribution in [0, 0.1) is 10.1 Å². The molecule has 2 N–H and O–H groups in total. The normalized spacial score (nSPS) is 14.1. The van der Waals surface area contributed by atoms with Crippen LogP contribution in [0.2, 0.25) is 0 Å². The van der Waals surface area contributed by atoms with Gasteiger partial charge in [0.25, 0.3) is 5.69 Å². The number of methoxy groups -OCH3 is 1. The van der Waals surface area contributed by atoms with Crippen LogP contribution in [0.4, 0.5) is 5.69 Å². The molecule has 0 aliphatic carbocycles. The van der Waals surface area contributed by atoms with E-state index in [0.29, 0.717) is 18.0 Å². The van der Waals surface area contributed by atoms with E-state index in [4.69, 9.17) is 10.5 Å². The van der Waals surface area contributed by atoms with Gasteiger partial charge in [-0.15, -0.1) is 0 Å². The number of nitrogens with zero attached hydrogens (tertiary/aromatic N) is 2. The van der Waals surface area contributed by atoms with Crippen LogP contribution in [-0.2, 0) is 0 Å². The molecule has 17 heavy (non-hydrogen) atoms. The standard InChI is InChI=1S/C11H17N3O3/c1-4-8(7(2)12)11-9(14(15)16)5-6-10(13-11)17-3/h5-8H,4,12H2,1-3H3. The Morgan fingerprint density at radius 3 is 2.65 bits per heavy atom. The molecule has 0 saturated carbocycles. The van der Waals surface area contributed by atoms with Crippen LogP contribution in [0.1, 0.15) is 31.9 Å². The minimum absolute atomic E-state index is 0.00468. The average Bonchev–Trinajstić information content (AvgIpc) is 2.29. The van der Waals surface area contributed by atoms with Crippen molar-refractivity contribution in [1.82, 2.24) is 4.98 Å².